The van der Waals surface area contributed by atoms with E-state index in [4.69, 9.17) is 4.42 Å². The third kappa shape index (κ3) is 5.19. The lowest BCUT2D eigenvalue weighted by Gasteiger charge is -2.36. The molecule has 0 aliphatic carbocycles. The zero-order valence-electron chi connectivity index (χ0n) is 21.2. The molecule has 6 rings (SSSR count). The summed E-state index contributed by atoms with van der Waals surface area (Å²) in [6, 6.07) is 18.3. The minimum atomic E-state index is -0.392. The predicted molar refractivity (Wildman–Crippen MR) is 150 cm³/mol. The first-order valence-corrected chi connectivity index (χ1v) is 14.4. The van der Waals surface area contributed by atoms with Crippen LogP contribution in [0.1, 0.15) is 21.1 Å². The first kappa shape index (κ1) is 25.3. The summed E-state index contributed by atoms with van der Waals surface area (Å²) >= 11 is 2.81. The quantitative estimate of drug-likeness (QED) is 0.237. The van der Waals surface area contributed by atoms with Crippen molar-refractivity contribution >= 4 is 34.7 Å². The highest BCUT2D eigenvalue weighted by atomic mass is 32.2. The normalized spacial score (nSPS) is 13.7. The zero-order valence-corrected chi connectivity index (χ0v) is 22.8. The van der Waals surface area contributed by atoms with E-state index in [1.165, 1.54) is 40.4 Å². The van der Waals surface area contributed by atoms with Crippen LogP contribution >= 0.6 is 23.1 Å². The Labute approximate surface area is 233 Å². The summed E-state index contributed by atoms with van der Waals surface area (Å²) < 4.78 is 21.9. The molecule has 2 aromatic carbocycles. The van der Waals surface area contributed by atoms with Gasteiger partial charge in [-0.25, -0.2) is 9.37 Å². The number of carbonyl (C=O) groups is 1. The number of carbonyl (C=O) groups excluding carboxylic acids is 1. The molecular formula is C28H25FN6O2S2. The number of amides is 1. The van der Waals surface area contributed by atoms with Crippen LogP contribution in [-0.2, 0) is 5.75 Å². The van der Waals surface area contributed by atoms with Gasteiger partial charge in [0.2, 0.25) is 5.82 Å². The topological polar surface area (TPSA) is 80.3 Å². The molecule has 1 aliphatic rings. The molecule has 8 nitrogen and oxygen atoms in total. The molecule has 39 heavy (non-hydrogen) atoms. The van der Waals surface area contributed by atoms with E-state index >= 15 is 0 Å². The zero-order chi connectivity index (χ0) is 26.8. The number of aryl methyl sites for hydroxylation is 1. The molecule has 1 fully saturated rings. The molecule has 11 heteroatoms. The van der Waals surface area contributed by atoms with Gasteiger partial charge in [-0.2, -0.15) is 0 Å². The van der Waals surface area contributed by atoms with Crippen LogP contribution in [0.4, 0.5) is 10.1 Å². The van der Waals surface area contributed by atoms with E-state index in [-0.39, 0.29) is 5.91 Å². The van der Waals surface area contributed by atoms with E-state index < -0.39 is 5.82 Å². The van der Waals surface area contributed by atoms with Gasteiger partial charge < -0.3 is 14.2 Å². The van der Waals surface area contributed by atoms with Crippen molar-refractivity contribution in [1.82, 2.24) is 24.6 Å². The maximum absolute atomic E-state index is 14.8. The molecule has 1 amide bonds. The van der Waals surface area contributed by atoms with Gasteiger partial charge in [-0.3, -0.25) is 9.36 Å². The van der Waals surface area contributed by atoms with Crippen LogP contribution in [-0.4, -0.2) is 56.7 Å². The largest absolute Gasteiger partial charge is 0.461 e. The van der Waals surface area contributed by atoms with Gasteiger partial charge in [0.25, 0.3) is 5.91 Å². The minimum absolute atomic E-state index is 0.0541. The summed E-state index contributed by atoms with van der Waals surface area (Å²) in [5, 5.41) is 11.7. The second-order valence-corrected chi connectivity index (χ2v) is 10.9. The molecule has 0 unspecified atom stereocenters. The average Bonchev–Trinajstić information content (AvgIpc) is 3.73. The lowest BCUT2D eigenvalue weighted by atomic mass is 10.1. The Morgan fingerprint density at radius 1 is 1.00 bits per heavy atom. The summed E-state index contributed by atoms with van der Waals surface area (Å²) in [7, 11) is 0. The number of thioether (sulfide) groups is 1. The van der Waals surface area contributed by atoms with Crippen molar-refractivity contribution in [3.05, 3.63) is 94.4 Å². The van der Waals surface area contributed by atoms with Gasteiger partial charge in [0.15, 0.2) is 10.9 Å². The Kier molecular flexibility index (Phi) is 7.16. The summed E-state index contributed by atoms with van der Waals surface area (Å²) in [4.78, 5) is 22.0. The van der Waals surface area contributed by atoms with Gasteiger partial charge in [0.05, 0.1) is 17.7 Å². The van der Waals surface area contributed by atoms with Crippen molar-refractivity contribution in [2.75, 3.05) is 31.1 Å². The van der Waals surface area contributed by atoms with Crippen molar-refractivity contribution in [3.8, 4) is 17.3 Å². The number of benzene rings is 2. The highest BCUT2D eigenvalue weighted by molar-refractivity contribution is 7.98. The predicted octanol–water partition coefficient (Wildman–Crippen LogP) is 5.69. The molecule has 3 aromatic heterocycles. The Hall–Kier alpha value is -3.96. The molecule has 4 heterocycles. The number of rotatable bonds is 7. The van der Waals surface area contributed by atoms with Crippen molar-refractivity contribution in [2.24, 2.45) is 0 Å². The fraction of sp³-hybridized carbons (Fsp3) is 0.214. The van der Waals surface area contributed by atoms with Gasteiger partial charge in [0, 0.05) is 37.2 Å². The first-order chi connectivity index (χ1) is 19.1. The molecule has 0 spiro atoms. The molecule has 0 atom stereocenters. The van der Waals surface area contributed by atoms with Crippen molar-refractivity contribution < 1.29 is 13.6 Å². The van der Waals surface area contributed by atoms with E-state index in [2.05, 4.69) is 39.1 Å². The van der Waals surface area contributed by atoms with Gasteiger partial charge in [-0.05, 0) is 42.8 Å². The Morgan fingerprint density at radius 2 is 1.77 bits per heavy atom. The Morgan fingerprint density at radius 3 is 2.51 bits per heavy atom. The summed E-state index contributed by atoms with van der Waals surface area (Å²) in [5.74, 6) is 0.914. The molecule has 0 N–H and O–H groups in total. The van der Waals surface area contributed by atoms with Gasteiger partial charge in [-0.1, -0.05) is 42.1 Å². The monoisotopic (exact) mass is 560 g/mol. The maximum atomic E-state index is 14.8. The number of hydrogen-bond donors (Lipinski definition) is 0. The van der Waals surface area contributed by atoms with Crippen LogP contribution in [0, 0.1) is 12.7 Å². The molecule has 5 aromatic rings. The fourth-order valence-electron chi connectivity index (χ4n) is 4.61. The number of para-hydroxylation sites is 2. The maximum Gasteiger partial charge on any atom is 0.273 e. The molecule has 0 saturated carbocycles. The first-order valence-electron chi connectivity index (χ1n) is 12.5. The van der Waals surface area contributed by atoms with E-state index in [1.807, 2.05) is 22.4 Å². The molecule has 0 bridgehead atoms. The van der Waals surface area contributed by atoms with Crippen LogP contribution < -0.4 is 4.90 Å². The lowest BCUT2D eigenvalue weighted by Crippen LogP contribution is -2.49. The third-order valence-electron chi connectivity index (χ3n) is 6.59. The number of nitrogens with zero attached hydrogens (tertiary/aromatic N) is 6. The van der Waals surface area contributed by atoms with Crippen LogP contribution in [0.15, 0.2) is 81.9 Å². The molecular weight excluding hydrogens is 535 g/mol. The minimum Gasteiger partial charge on any atom is -0.461 e. The second-order valence-electron chi connectivity index (χ2n) is 9.05. The lowest BCUT2D eigenvalue weighted by molar-refractivity contribution is 0.0741. The number of aromatic nitrogens is 4. The molecule has 0 radical (unpaired) electrons. The summed E-state index contributed by atoms with van der Waals surface area (Å²) in [5.41, 5.74) is 3.24. The number of piperazine rings is 1. The highest BCUT2D eigenvalue weighted by Crippen LogP contribution is 2.31. The Balaban J connectivity index is 1.14. The van der Waals surface area contributed by atoms with Gasteiger partial charge in [0.1, 0.15) is 16.5 Å². The second kappa shape index (κ2) is 11.0. The van der Waals surface area contributed by atoms with Crippen molar-refractivity contribution in [1.29, 1.82) is 0 Å². The van der Waals surface area contributed by atoms with E-state index in [0.717, 1.165) is 18.1 Å². The average molecular weight is 561 g/mol. The fourth-order valence-corrected chi connectivity index (χ4v) is 6.34. The Bertz CT molecular complexity index is 1590. The highest BCUT2D eigenvalue weighted by Gasteiger charge is 2.25. The smallest absolute Gasteiger partial charge is 0.273 e. The van der Waals surface area contributed by atoms with Crippen LogP contribution in [0.5, 0.6) is 0 Å². The number of halogens is 1. The number of furan rings is 1. The van der Waals surface area contributed by atoms with E-state index in [0.29, 0.717) is 47.0 Å². The molecule has 198 valence electrons. The van der Waals surface area contributed by atoms with E-state index in [9.17, 15) is 9.18 Å². The van der Waals surface area contributed by atoms with Crippen molar-refractivity contribution in [3.63, 3.8) is 0 Å². The summed E-state index contributed by atoms with van der Waals surface area (Å²) in [6.07, 6.45) is 1.54. The summed E-state index contributed by atoms with van der Waals surface area (Å²) in [6.45, 7) is 4.98. The number of thiazole rings is 1. The standard InChI is InChI=1S/C28H25FN6O2S2/c1-19-7-2-4-9-22(19)33-12-14-34(15-13-33)27(36)21-17-38-25(30-21)18-39-28-32-31-26(24-11-6-16-37-24)35(28)23-10-5-3-8-20(23)29/h2-11,16-17H,12-15,18H2,1H3. The van der Waals surface area contributed by atoms with Crippen LogP contribution in [0.25, 0.3) is 17.3 Å². The number of hydrogen-bond acceptors (Lipinski definition) is 8. The van der Waals surface area contributed by atoms with Crippen molar-refractivity contribution in [2.45, 2.75) is 17.8 Å². The third-order valence-corrected chi connectivity index (χ3v) is 8.56. The van der Waals surface area contributed by atoms with Gasteiger partial charge in [-0.15, -0.1) is 21.5 Å². The van der Waals surface area contributed by atoms with Crippen LogP contribution in [0.3, 0.4) is 0 Å². The van der Waals surface area contributed by atoms with Crippen LogP contribution in [0.2, 0.25) is 0 Å². The molecule has 1 saturated heterocycles. The number of anilines is 1. The SMILES string of the molecule is Cc1ccccc1N1CCN(C(=O)c2csc(CSc3nnc(-c4ccco4)n3-c3ccccc3F)n2)CC1. The van der Waals surface area contributed by atoms with E-state index in [1.54, 1.807) is 41.2 Å². The van der Waals surface area contributed by atoms with Gasteiger partial charge >= 0.3 is 0 Å². The molecule has 1 aliphatic heterocycles.